The lowest BCUT2D eigenvalue weighted by atomic mass is 10.1. The SMILES string of the molecule is CC(Nc1cccnc1C(=O)O)c1ccc(Br)cc1. The molecule has 1 aromatic heterocycles. The molecule has 0 aliphatic rings. The number of carboxylic acid groups (broad SMARTS) is 1. The van der Waals surface area contributed by atoms with E-state index in [4.69, 9.17) is 5.11 Å². The van der Waals surface area contributed by atoms with E-state index in [0.717, 1.165) is 10.0 Å². The molecule has 0 amide bonds. The van der Waals surface area contributed by atoms with E-state index in [1.165, 1.54) is 6.20 Å². The molecule has 0 bridgehead atoms. The first kappa shape index (κ1) is 13.5. The summed E-state index contributed by atoms with van der Waals surface area (Å²) >= 11 is 3.38. The van der Waals surface area contributed by atoms with Crippen molar-refractivity contribution in [3.05, 3.63) is 58.3 Å². The van der Waals surface area contributed by atoms with Gasteiger partial charge in [-0.05, 0) is 36.8 Å². The van der Waals surface area contributed by atoms with Gasteiger partial charge in [0.15, 0.2) is 5.69 Å². The van der Waals surface area contributed by atoms with E-state index in [9.17, 15) is 4.79 Å². The highest BCUT2D eigenvalue weighted by Crippen LogP contribution is 2.22. The highest BCUT2D eigenvalue weighted by atomic mass is 79.9. The van der Waals surface area contributed by atoms with Gasteiger partial charge in [0.05, 0.1) is 5.69 Å². The van der Waals surface area contributed by atoms with Crippen LogP contribution in [0, 0.1) is 0 Å². The molecular weight excluding hydrogens is 308 g/mol. The van der Waals surface area contributed by atoms with Crippen molar-refractivity contribution in [3.63, 3.8) is 0 Å². The Morgan fingerprint density at radius 1 is 1.32 bits per heavy atom. The summed E-state index contributed by atoms with van der Waals surface area (Å²) < 4.78 is 1.01. The Balaban J connectivity index is 2.21. The van der Waals surface area contributed by atoms with E-state index in [1.54, 1.807) is 12.1 Å². The Morgan fingerprint density at radius 2 is 2.00 bits per heavy atom. The predicted octanol–water partition coefficient (Wildman–Crippen LogP) is 3.72. The first-order valence-corrected chi connectivity index (χ1v) is 6.57. The van der Waals surface area contributed by atoms with E-state index in [-0.39, 0.29) is 11.7 Å². The van der Waals surface area contributed by atoms with Crippen LogP contribution >= 0.6 is 15.9 Å². The molecular formula is C14H13BrN2O2. The lowest BCUT2D eigenvalue weighted by Gasteiger charge is -2.16. The van der Waals surface area contributed by atoms with Gasteiger partial charge in [0.1, 0.15) is 0 Å². The van der Waals surface area contributed by atoms with Crippen molar-refractivity contribution in [2.75, 3.05) is 5.32 Å². The van der Waals surface area contributed by atoms with Gasteiger partial charge in [-0.25, -0.2) is 9.78 Å². The molecule has 1 unspecified atom stereocenters. The summed E-state index contributed by atoms with van der Waals surface area (Å²) in [5.41, 5.74) is 1.63. The first-order chi connectivity index (χ1) is 9.08. The quantitative estimate of drug-likeness (QED) is 0.901. The summed E-state index contributed by atoms with van der Waals surface area (Å²) in [5, 5.41) is 12.2. The third kappa shape index (κ3) is 3.32. The molecule has 0 spiro atoms. The van der Waals surface area contributed by atoms with E-state index in [1.807, 2.05) is 31.2 Å². The van der Waals surface area contributed by atoms with Crippen molar-refractivity contribution in [1.29, 1.82) is 0 Å². The zero-order valence-electron chi connectivity index (χ0n) is 10.3. The molecule has 2 rings (SSSR count). The van der Waals surface area contributed by atoms with Crippen LogP contribution in [0.1, 0.15) is 29.0 Å². The maximum Gasteiger partial charge on any atom is 0.356 e. The highest BCUT2D eigenvalue weighted by molar-refractivity contribution is 9.10. The Hall–Kier alpha value is -1.88. The van der Waals surface area contributed by atoms with Crippen LogP contribution < -0.4 is 5.32 Å². The van der Waals surface area contributed by atoms with Gasteiger partial charge in [0.2, 0.25) is 0 Å². The summed E-state index contributed by atoms with van der Waals surface area (Å²) in [6.45, 7) is 1.97. The predicted molar refractivity (Wildman–Crippen MR) is 77.4 cm³/mol. The van der Waals surface area contributed by atoms with Gasteiger partial charge in [-0.15, -0.1) is 0 Å². The van der Waals surface area contributed by atoms with Crippen molar-refractivity contribution in [3.8, 4) is 0 Å². The van der Waals surface area contributed by atoms with Gasteiger partial charge >= 0.3 is 5.97 Å². The second-order valence-corrected chi connectivity index (χ2v) is 5.04. The van der Waals surface area contributed by atoms with Crippen LogP contribution in [0.2, 0.25) is 0 Å². The lowest BCUT2D eigenvalue weighted by molar-refractivity contribution is 0.0691. The second-order valence-electron chi connectivity index (χ2n) is 4.12. The molecule has 1 aromatic carbocycles. The van der Waals surface area contributed by atoms with Gasteiger partial charge in [-0.3, -0.25) is 0 Å². The van der Waals surface area contributed by atoms with Crippen molar-refractivity contribution in [1.82, 2.24) is 4.98 Å². The molecule has 0 aliphatic heterocycles. The van der Waals surface area contributed by atoms with E-state index >= 15 is 0 Å². The molecule has 0 radical (unpaired) electrons. The Kier molecular flexibility index (Phi) is 4.16. The number of rotatable bonds is 4. The number of carboxylic acids is 1. The zero-order chi connectivity index (χ0) is 13.8. The minimum absolute atomic E-state index is 0.00426. The average Bonchev–Trinajstić information content (AvgIpc) is 2.39. The minimum atomic E-state index is -1.04. The van der Waals surface area contributed by atoms with Crippen LogP contribution in [-0.2, 0) is 0 Å². The smallest absolute Gasteiger partial charge is 0.356 e. The molecule has 4 nitrogen and oxygen atoms in total. The largest absolute Gasteiger partial charge is 0.476 e. The zero-order valence-corrected chi connectivity index (χ0v) is 11.9. The summed E-state index contributed by atoms with van der Waals surface area (Å²) in [7, 11) is 0. The fourth-order valence-electron chi connectivity index (χ4n) is 1.76. The monoisotopic (exact) mass is 320 g/mol. The summed E-state index contributed by atoms with van der Waals surface area (Å²) in [4.78, 5) is 14.9. The number of carbonyl (C=O) groups is 1. The van der Waals surface area contributed by atoms with Crippen LogP contribution in [0.3, 0.4) is 0 Å². The topological polar surface area (TPSA) is 62.2 Å². The third-order valence-corrected chi connectivity index (χ3v) is 3.28. The molecule has 19 heavy (non-hydrogen) atoms. The van der Waals surface area contributed by atoms with Gasteiger partial charge in [0.25, 0.3) is 0 Å². The summed E-state index contributed by atoms with van der Waals surface area (Å²) in [6.07, 6.45) is 1.47. The number of hydrogen-bond acceptors (Lipinski definition) is 3. The molecule has 1 atom stereocenters. The van der Waals surface area contributed by atoms with Crippen molar-refractivity contribution in [2.45, 2.75) is 13.0 Å². The molecule has 0 saturated heterocycles. The van der Waals surface area contributed by atoms with E-state index in [2.05, 4.69) is 26.2 Å². The van der Waals surface area contributed by atoms with Gasteiger partial charge in [-0.1, -0.05) is 28.1 Å². The van der Waals surface area contributed by atoms with Gasteiger partial charge in [-0.2, -0.15) is 0 Å². The Bertz CT molecular complexity index is 584. The number of halogens is 1. The fraction of sp³-hybridized carbons (Fsp3) is 0.143. The van der Waals surface area contributed by atoms with Gasteiger partial charge in [0, 0.05) is 16.7 Å². The van der Waals surface area contributed by atoms with Crippen molar-refractivity contribution < 1.29 is 9.90 Å². The highest BCUT2D eigenvalue weighted by Gasteiger charge is 2.13. The Morgan fingerprint density at radius 3 is 2.63 bits per heavy atom. The average molecular weight is 321 g/mol. The van der Waals surface area contributed by atoms with Crippen LogP contribution in [0.15, 0.2) is 47.1 Å². The summed E-state index contributed by atoms with van der Waals surface area (Å²) in [5.74, 6) is -1.04. The maximum absolute atomic E-state index is 11.1. The second kappa shape index (κ2) is 5.84. The number of nitrogens with zero attached hydrogens (tertiary/aromatic N) is 1. The van der Waals surface area contributed by atoms with E-state index in [0.29, 0.717) is 5.69 Å². The molecule has 0 saturated carbocycles. The third-order valence-electron chi connectivity index (χ3n) is 2.75. The molecule has 5 heteroatoms. The number of hydrogen-bond donors (Lipinski definition) is 2. The number of aromatic carboxylic acids is 1. The normalized spacial score (nSPS) is 11.9. The van der Waals surface area contributed by atoms with Gasteiger partial charge < -0.3 is 10.4 Å². The molecule has 98 valence electrons. The molecule has 2 N–H and O–H groups in total. The van der Waals surface area contributed by atoms with Crippen LogP contribution in [0.4, 0.5) is 5.69 Å². The number of benzene rings is 1. The number of anilines is 1. The first-order valence-electron chi connectivity index (χ1n) is 5.78. The standard InChI is InChI=1S/C14H13BrN2O2/c1-9(10-4-6-11(15)7-5-10)17-12-3-2-8-16-13(12)14(18)19/h2-9,17H,1H3,(H,18,19). The van der Waals surface area contributed by atoms with Crippen LogP contribution in [-0.4, -0.2) is 16.1 Å². The molecule has 0 fully saturated rings. The fourth-order valence-corrected chi connectivity index (χ4v) is 2.02. The molecule has 2 aromatic rings. The van der Waals surface area contributed by atoms with Crippen LogP contribution in [0.25, 0.3) is 0 Å². The lowest BCUT2D eigenvalue weighted by Crippen LogP contribution is -2.11. The van der Waals surface area contributed by atoms with E-state index < -0.39 is 5.97 Å². The minimum Gasteiger partial charge on any atom is -0.476 e. The number of aromatic nitrogens is 1. The Labute approximate surface area is 119 Å². The van der Waals surface area contributed by atoms with Crippen molar-refractivity contribution >= 4 is 27.6 Å². The number of nitrogens with one attached hydrogen (secondary N) is 1. The van der Waals surface area contributed by atoms with Crippen molar-refractivity contribution in [2.24, 2.45) is 0 Å². The maximum atomic E-state index is 11.1. The molecule has 1 heterocycles. The summed E-state index contributed by atoms with van der Waals surface area (Å²) in [6, 6.07) is 11.3. The molecule has 0 aliphatic carbocycles. The van der Waals surface area contributed by atoms with Crippen LogP contribution in [0.5, 0.6) is 0 Å². The number of pyridine rings is 1.